The third-order valence-corrected chi connectivity index (χ3v) is 3.05. The Bertz CT molecular complexity index is 561. The number of anilines is 1. The summed E-state index contributed by atoms with van der Waals surface area (Å²) in [5, 5.41) is 4.72. The maximum Gasteiger partial charge on any atom is 0.223 e. The molecule has 3 rings (SSSR count). The van der Waals surface area contributed by atoms with Crippen molar-refractivity contribution in [2.45, 2.75) is 5.03 Å². The van der Waals surface area contributed by atoms with E-state index in [2.05, 4.69) is 30.2 Å². The molecule has 0 saturated carbocycles. The molecule has 4 N–H and O–H groups in total. The van der Waals surface area contributed by atoms with Crippen LogP contribution in [0.5, 0.6) is 0 Å². The van der Waals surface area contributed by atoms with E-state index in [9.17, 15) is 0 Å². The van der Waals surface area contributed by atoms with Gasteiger partial charge in [-0.05, 0) is 11.8 Å². The van der Waals surface area contributed by atoms with Crippen molar-refractivity contribution in [2.24, 2.45) is 4.99 Å². The topological polar surface area (TPSA) is 105 Å². The van der Waals surface area contributed by atoms with Gasteiger partial charge >= 0.3 is 0 Å². The van der Waals surface area contributed by atoms with Crippen molar-refractivity contribution >= 4 is 34.0 Å². The predicted molar refractivity (Wildman–Crippen MR) is 62.3 cm³/mol. The fraction of sp³-hybridized carbons (Fsp3) is 0.250. The first kappa shape index (κ1) is 9.40. The number of nitrogens with one attached hydrogen (secondary N) is 2. The van der Waals surface area contributed by atoms with Gasteiger partial charge in [-0.1, -0.05) is 0 Å². The SMILES string of the molecule is Nc1nc(SC2=NCCN2)c2nc[nH]c2n1. The summed E-state index contributed by atoms with van der Waals surface area (Å²) in [6.07, 6.45) is 1.58. The summed E-state index contributed by atoms with van der Waals surface area (Å²) < 4.78 is 0. The van der Waals surface area contributed by atoms with E-state index in [4.69, 9.17) is 5.73 Å². The van der Waals surface area contributed by atoms with Gasteiger partial charge in [-0.25, -0.2) is 9.97 Å². The minimum atomic E-state index is 0.234. The molecule has 0 radical (unpaired) electrons. The van der Waals surface area contributed by atoms with Crippen LogP contribution in [0.2, 0.25) is 0 Å². The molecule has 1 aliphatic heterocycles. The van der Waals surface area contributed by atoms with Crippen LogP contribution in [-0.2, 0) is 0 Å². The lowest BCUT2D eigenvalue weighted by Crippen LogP contribution is -2.15. The lowest BCUT2D eigenvalue weighted by Gasteiger charge is -2.02. The molecule has 8 heteroatoms. The molecule has 7 nitrogen and oxygen atoms in total. The number of thioether (sulfide) groups is 1. The van der Waals surface area contributed by atoms with E-state index in [1.165, 1.54) is 11.8 Å². The normalized spacial score (nSPS) is 15.1. The van der Waals surface area contributed by atoms with Gasteiger partial charge in [0.15, 0.2) is 10.8 Å². The number of aromatic nitrogens is 4. The zero-order valence-electron chi connectivity index (χ0n) is 8.27. The van der Waals surface area contributed by atoms with E-state index in [0.29, 0.717) is 5.65 Å². The zero-order valence-corrected chi connectivity index (χ0v) is 9.08. The Morgan fingerprint density at radius 1 is 1.38 bits per heavy atom. The molecule has 2 aromatic heterocycles. The number of amidine groups is 1. The molecule has 1 aliphatic rings. The molecule has 0 aliphatic carbocycles. The summed E-state index contributed by atoms with van der Waals surface area (Å²) in [5.74, 6) is 0.234. The Kier molecular flexibility index (Phi) is 2.13. The molecular weight excluding hydrogens is 226 g/mol. The van der Waals surface area contributed by atoms with Crippen molar-refractivity contribution in [1.29, 1.82) is 0 Å². The van der Waals surface area contributed by atoms with E-state index < -0.39 is 0 Å². The zero-order chi connectivity index (χ0) is 11.0. The average molecular weight is 235 g/mol. The van der Waals surface area contributed by atoms with Crippen LogP contribution in [0.25, 0.3) is 11.2 Å². The molecule has 16 heavy (non-hydrogen) atoms. The number of nitrogen functional groups attached to an aromatic ring is 1. The number of nitrogens with two attached hydrogens (primary N) is 1. The Morgan fingerprint density at radius 3 is 3.12 bits per heavy atom. The van der Waals surface area contributed by atoms with Gasteiger partial charge in [0, 0.05) is 6.54 Å². The second-order valence-electron chi connectivity index (χ2n) is 3.20. The molecule has 3 heterocycles. The molecule has 0 spiro atoms. The van der Waals surface area contributed by atoms with Crippen molar-refractivity contribution in [3.05, 3.63) is 6.33 Å². The average Bonchev–Trinajstić information content (AvgIpc) is 2.87. The quantitative estimate of drug-likeness (QED) is 0.600. The van der Waals surface area contributed by atoms with E-state index >= 15 is 0 Å². The fourth-order valence-electron chi connectivity index (χ4n) is 1.43. The van der Waals surface area contributed by atoms with Gasteiger partial charge in [0.05, 0.1) is 12.9 Å². The number of nitrogens with zero attached hydrogens (tertiary/aromatic N) is 4. The molecule has 0 unspecified atom stereocenters. The summed E-state index contributed by atoms with van der Waals surface area (Å²) in [6, 6.07) is 0. The number of imidazole rings is 1. The number of H-pyrrole nitrogens is 1. The summed E-state index contributed by atoms with van der Waals surface area (Å²) >= 11 is 1.42. The van der Waals surface area contributed by atoms with Crippen LogP contribution in [0.15, 0.2) is 16.3 Å². The molecular formula is C8H9N7S. The first-order valence-electron chi connectivity index (χ1n) is 4.76. The predicted octanol–water partition coefficient (Wildman–Crippen LogP) is -0.0136. The Hall–Kier alpha value is -1.83. The summed E-state index contributed by atoms with van der Waals surface area (Å²) in [7, 11) is 0. The number of fused-ring (bicyclic) bond motifs is 1. The Morgan fingerprint density at radius 2 is 2.31 bits per heavy atom. The molecule has 0 saturated heterocycles. The van der Waals surface area contributed by atoms with Crippen molar-refractivity contribution in [3.8, 4) is 0 Å². The molecule has 82 valence electrons. The molecule has 0 fully saturated rings. The van der Waals surface area contributed by atoms with Gasteiger partial charge in [0.2, 0.25) is 5.95 Å². The van der Waals surface area contributed by atoms with E-state index in [1.54, 1.807) is 6.33 Å². The first-order valence-corrected chi connectivity index (χ1v) is 5.57. The third kappa shape index (κ3) is 1.56. The summed E-state index contributed by atoms with van der Waals surface area (Å²) in [5.41, 5.74) is 6.98. The van der Waals surface area contributed by atoms with E-state index in [-0.39, 0.29) is 5.95 Å². The van der Waals surface area contributed by atoms with Crippen LogP contribution in [0.3, 0.4) is 0 Å². The Labute approximate surface area is 95.0 Å². The highest BCUT2D eigenvalue weighted by Gasteiger charge is 2.14. The molecule has 0 bridgehead atoms. The van der Waals surface area contributed by atoms with Crippen LogP contribution in [0.1, 0.15) is 0 Å². The first-order chi connectivity index (χ1) is 7.83. The minimum absolute atomic E-state index is 0.234. The monoisotopic (exact) mass is 235 g/mol. The van der Waals surface area contributed by atoms with Crippen LogP contribution in [-0.4, -0.2) is 38.2 Å². The highest BCUT2D eigenvalue weighted by Crippen LogP contribution is 2.24. The molecule has 0 atom stereocenters. The van der Waals surface area contributed by atoms with Crippen LogP contribution in [0, 0.1) is 0 Å². The number of aliphatic imine (C=N–C) groups is 1. The lowest BCUT2D eigenvalue weighted by atomic mass is 10.5. The van der Waals surface area contributed by atoms with Crippen LogP contribution >= 0.6 is 11.8 Å². The van der Waals surface area contributed by atoms with Crippen molar-refractivity contribution in [3.63, 3.8) is 0 Å². The lowest BCUT2D eigenvalue weighted by molar-refractivity contribution is 0.963. The van der Waals surface area contributed by atoms with Gasteiger partial charge in [-0.2, -0.15) is 4.98 Å². The van der Waals surface area contributed by atoms with Gasteiger partial charge in [-0.3, -0.25) is 4.99 Å². The molecule has 0 amide bonds. The molecule has 0 aromatic carbocycles. The molecule has 2 aromatic rings. The highest BCUT2D eigenvalue weighted by atomic mass is 32.2. The summed E-state index contributed by atoms with van der Waals surface area (Å²) in [4.78, 5) is 19.6. The largest absolute Gasteiger partial charge is 0.368 e. The smallest absolute Gasteiger partial charge is 0.223 e. The maximum absolute atomic E-state index is 5.61. The van der Waals surface area contributed by atoms with Crippen molar-refractivity contribution < 1.29 is 0 Å². The van der Waals surface area contributed by atoms with Gasteiger partial charge < -0.3 is 16.0 Å². The van der Waals surface area contributed by atoms with Crippen molar-refractivity contribution in [1.82, 2.24) is 25.3 Å². The fourth-order valence-corrected chi connectivity index (χ4v) is 2.33. The Balaban J connectivity index is 2.04. The van der Waals surface area contributed by atoms with E-state index in [0.717, 1.165) is 28.8 Å². The third-order valence-electron chi connectivity index (χ3n) is 2.10. The number of hydrogen-bond acceptors (Lipinski definition) is 7. The number of aromatic amines is 1. The minimum Gasteiger partial charge on any atom is -0.368 e. The van der Waals surface area contributed by atoms with Gasteiger partial charge in [0.1, 0.15) is 10.5 Å². The second-order valence-corrected chi connectivity index (χ2v) is 4.18. The van der Waals surface area contributed by atoms with Crippen LogP contribution < -0.4 is 11.1 Å². The number of hydrogen-bond donors (Lipinski definition) is 3. The van der Waals surface area contributed by atoms with Crippen LogP contribution in [0.4, 0.5) is 5.95 Å². The van der Waals surface area contributed by atoms with E-state index in [1.807, 2.05) is 0 Å². The van der Waals surface area contributed by atoms with Gasteiger partial charge in [-0.15, -0.1) is 0 Å². The standard InChI is InChI=1S/C8H9N7S/c9-7-14-5-4(12-3-13-5)6(15-7)16-8-10-1-2-11-8/h3H,1-2H2,(H,10,11)(H3,9,12,13,14,15). The number of rotatable bonds is 1. The summed E-state index contributed by atoms with van der Waals surface area (Å²) in [6.45, 7) is 1.67. The van der Waals surface area contributed by atoms with Gasteiger partial charge in [0.25, 0.3) is 0 Å². The van der Waals surface area contributed by atoms with Crippen molar-refractivity contribution in [2.75, 3.05) is 18.8 Å². The second kappa shape index (κ2) is 3.63. The highest BCUT2D eigenvalue weighted by molar-refractivity contribution is 8.14. The maximum atomic E-state index is 5.61.